The maximum Gasteiger partial charge on any atom is 0.270 e. The number of hydrogen-bond donors (Lipinski definition) is 1. The highest BCUT2D eigenvalue weighted by Crippen LogP contribution is 2.22. The topological polar surface area (TPSA) is 98.7 Å². The highest BCUT2D eigenvalue weighted by Gasteiger charge is 2.30. The molecule has 0 spiro atoms. The number of carbonyl (C=O) groups excluding carboxylic acids is 2. The molecule has 0 saturated carbocycles. The van der Waals surface area contributed by atoms with Gasteiger partial charge in [0.05, 0.1) is 23.1 Å². The molecule has 8 nitrogen and oxygen atoms in total. The molecule has 1 aliphatic heterocycles. The number of hydrazone groups is 1. The number of aromatic amines is 1. The Bertz CT molecular complexity index is 1280. The Hall–Kier alpha value is -3.81. The van der Waals surface area contributed by atoms with Crippen molar-refractivity contribution in [3.8, 4) is 0 Å². The van der Waals surface area contributed by atoms with Crippen LogP contribution in [0.1, 0.15) is 38.1 Å². The van der Waals surface area contributed by atoms with Crippen molar-refractivity contribution in [2.24, 2.45) is 5.10 Å². The first-order chi connectivity index (χ1) is 15.3. The molecule has 0 atom stereocenters. The van der Waals surface area contributed by atoms with Gasteiger partial charge >= 0.3 is 0 Å². The van der Waals surface area contributed by atoms with E-state index in [4.69, 9.17) is 0 Å². The molecular formula is C24H25N5O3. The normalized spacial score (nSPS) is 14.1. The lowest BCUT2D eigenvalue weighted by Crippen LogP contribution is -2.44. The maximum atomic E-state index is 13.4. The Balaban J connectivity index is 1.64. The number of aryl methyl sites for hydroxylation is 1. The molecule has 2 aromatic carbocycles. The van der Waals surface area contributed by atoms with Crippen molar-refractivity contribution in [2.75, 3.05) is 5.01 Å². The standard InChI is InChI=1S/C24H25N5O3/c1-15(2)28(14-21-25-19-10-5-4-9-18(19)23(31)26-21)24(32)20-11-12-22(30)29(27-20)17-8-6-7-16(3)13-17/h4-10,13,15H,11-12,14H2,1-3H3,(H,25,26,31). The second kappa shape index (κ2) is 8.74. The third-order valence-corrected chi connectivity index (χ3v) is 5.39. The Morgan fingerprint density at radius 2 is 1.91 bits per heavy atom. The number of anilines is 1. The van der Waals surface area contributed by atoms with E-state index in [1.807, 2.05) is 45.0 Å². The fourth-order valence-electron chi connectivity index (χ4n) is 3.69. The summed E-state index contributed by atoms with van der Waals surface area (Å²) in [5.74, 6) is -0.0245. The summed E-state index contributed by atoms with van der Waals surface area (Å²) >= 11 is 0. The number of H-pyrrole nitrogens is 1. The predicted octanol–water partition coefficient (Wildman–Crippen LogP) is 3.15. The van der Waals surface area contributed by atoms with Gasteiger partial charge in [-0.15, -0.1) is 0 Å². The van der Waals surface area contributed by atoms with Gasteiger partial charge in [-0.3, -0.25) is 14.4 Å². The zero-order valence-corrected chi connectivity index (χ0v) is 18.3. The first-order valence-corrected chi connectivity index (χ1v) is 10.6. The van der Waals surface area contributed by atoms with E-state index in [-0.39, 0.29) is 42.8 Å². The molecule has 1 N–H and O–H groups in total. The number of amides is 2. The fourth-order valence-corrected chi connectivity index (χ4v) is 3.69. The van der Waals surface area contributed by atoms with Gasteiger partial charge in [-0.25, -0.2) is 9.99 Å². The van der Waals surface area contributed by atoms with Crippen LogP contribution in [0, 0.1) is 6.92 Å². The van der Waals surface area contributed by atoms with E-state index in [2.05, 4.69) is 15.1 Å². The first kappa shape index (κ1) is 21.4. The van der Waals surface area contributed by atoms with Crippen LogP contribution in [0.4, 0.5) is 5.69 Å². The molecule has 3 aromatic rings. The third kappa shape index (κ3) is 4.30. The Labute approximate surface area is 185 Å². The minimum absolute atomic E-state index is 0.133. The van der Waals surface area contributed by atoms with Crippen molar-refractivity contribution < 1.29 is 9.59 Å². The van der Waals surface area contributed by atoms with Gasteiger partial charge in [0.25, 0.3) is 11.5 Å². The average molecular weight is 431 g/mol. The van der Waals surface area contributed by atoms with E-state index in [1.54, 1.807) is 29.2 Å². The zero-order chi connectivity index (χ0) is 22.8. The monoisotopic (exact) mass is 431 g/mol. The largest absolute Gasteiger partial charge is 0.328 e. The quantitative estimate of drug-likeness (QED) is 0.671. The van der Waals surface area contributed by atoms with Crippen molar-refractivity contribution in [3.63, 3.8) is 0 Å². The molecule has 4 rings (SSSR count). The number of fused-ring (bicyclic) bond motifs is 1. The summed E-state index contributed by atoms with van der Waals surface area (Å²) in [5.41, 5.74) is 2.28. The summed E-state index contributed by atoms with van der Waals surface area (Å²) in [6.07, 6.45) is 0.473. The lowest BCUT2D eigenvalue weighted by molar-refractivity contribution is -0.126. The molecule has 0 fully saturated rings. The van der Waals surface area contributed by atoms with Gasteiger partial charge in [-0.05, 0) is 50.6 Å². The van der Waals surface area contributed by atoms with Crippen molar-refractivity contribution in [1.82, 2.24) is 14.9 Å². The number of rotatable bonds is 5. The molecule has 0 radical (unpaired) electrons. The van der Waals surface area contributed by atoms with E-state index >= 15 is 0 Å². The number of carbonyl (C=O) groups is 2. The second-order valence-electron chi connectivity index (χ2n) is 8.15. The number of hydrogen-bond acceptors (Lipinski definition) is 5. The minimum atomic E-state index is -0.277. The van der Waals surface area contributed by atoms with Gasteiger partial charge in [0, 0.05) is 18.9 Å². The molecule has 0 bridgehead atoms. The molecule has 1 aromatic heterocycles. The van der Waals surface area contributed by atoms with E-state index in [0.717, 1.165) is 5.56 Å². The van der Waals surface area contributed by atoms with E-state index in [1.165, 1.54) is 5.01 Å². The summed E-state index contributed by atoms with van der Waals surface area (Å²) in [5, 5.41) is 6.21. The van der Waals surface area contributed by atoms with Crippen LogP contribution in [0.2, 0.25) is 0 Å². The van der Waals surface area contributed by atoms with Crippen LogP contribution < -0.4 is 10.6 Å². The summed E-state index contributed by atoms with van der Waals surface area (Å²) in [7, 11) is 0. The average Bonchev–Trinajstić information content (AvgIpc) is 2.77. The molecule has 0 unspecified atom stereocenters. The molecule has 2 heterocycles. The van der Waals surface area contributed by atoms with Gasteiger partial charge in [0.2, 0.25) is 5.91 Å². The Morgan fingerprint density at radius 1 is 1.12 bits per heavy atom. The lowest BCUT2D eigenvalue weighted by Gasteiger charge is -2.29. The smallest absolute Gasteiger partial charge is 0.270 e. The number of nitrogens with one attached hydrogen (secondary N) is 1. The fraction of sp³-hybridized carbons (Fsp3) is 0.292. The van der Waals surface area contributed by atoms with Crippen molar-refractivity contribution in [3.05, 3.63) is 70.3 Å². The SMILES string of the molecule is Cc1cccc(N2N=C(C(=O)N(Cc3nc4ccccc4c(=O)[nH]3)C(C)C)CCC2=O)c1. The van der Waals surface area contributed by atoms with Gasteiger partial charge in [0.1, 0.15) is 11.5 Å². The summed E-state index contributed by atoms with van der Waals surface area (Å²) in [6.45, 7) is 5.85. The number of para-hydroxylation sites is 1. The zero-order valence-electron chi connectivity index (χ0n) is 18.3. The minimum Gasteiger partial charge on any atom is -0.328 e. The van der Waals surface area contributed by atoms with E-state index in [9.17, 15) is 14.4 Å². The van der Waals surface area contributed by atoms with Crippen molar-refractivity contribution >= 4 is 34.1 Å². The lowest BCUT2D eigenvalue weighted by atomic mass is 10.1. The van der Waals surface area contributed by atoms with Crippen LogP contribution in [-0.4, -0.2) is 38.4 Å². The number of benzene rings is 2. The number of aromatic nitrogens is 2. The summed E-state index contributed by atoms with van der Waals surface area (Å²) in [6, 6.07) is 14.4. The highest BCUT2D eigenvalue weighted by molar-refractivity contribution is 6.40. The van der Waals surface area contributed by atoms with Crippen LogP contribution in [0.5, 0.6) is 0 Å². The van der Waals surface area contributed by atoms with Gasteiger partial charge in [0.15, 0.2) is 0 Å². The third-order valence-electron chi connectivity index (χ3n) is 5.39. The van der Waals surface area contributed by atoms with Gasteiger partial charge in [-0.1, -0.05) is 24.3 Å². The molecule has 32 heavy (non-hydrogen) atoms. The maximum absolute atomic E-state index is 13.4. The summed E-state index contributed by atoms with van der Waals surface area (Å²) in [4.78, 5) is 47.2. The highest BCUT2D eigenvalue weighted by atomic mass is 16.2. The summed E-state index contributed by atoms with van der Waals surface area (Å²) < 4.78 is 0. The molecule has 8 heteroatoms. The Morgan fingerprint density at radius 3 is 2.66 bits per heavy atom. The van der Waals surface area contributed by atoms with Crippen LogP contribution in [-0.2, 0) is 16.1 Å². The van der Waals surface area contributed by atoms with E-state index < -0.39 is 0 Å². The van der Waals surface area contributed by atoms with Crippen LogP contribution >= 0.6 is 0 Å². The molecule has 164 valence electrons. The first-order valence-electron chi connectivity index (χ1n) is 10.6. The van der Waals surface area contributed by atoms with Gasteiger partial charge < -0.3 is 9.88 Å². The van der Waals surface area contributed by atoms with E-state index in [0.29, 0.717) is 28.1 Å². The number of nitrogens with zero attached hydrogens (tertiary/aromatic N) is 4. The molecular weight excluding hydrogens is 406 g/mol. The van der Waals surface area contributed by atoms with Crippen molar-refractivity contribution in [2.45, 2.75) is 46.2 Å². The molecule has 1 aliphatic rings. The predicted molar refractivity (Wildman–Crippen MR) is 123 cm³/mol. The van der Waals surface area contributed by atoms with Gasteiger partial charge in [-0.2, -0.15) is 5.10 Å². The van der Waals surface area contributed by atoms with Crippen LogP contribution in [0.3, 0.4) is 0 Å². The van der Waals surface area contributed by atoms with Crippen molar-refractivity contribution in [1.29, 1.82) is 0 Å². The molecule has 0 saturated heterocycles. The second-order valence-corrected chi connectivity index (χ2v) is 8.15. The molecule has 2 amide bonds. The Kier molecular flexibility index (Phi) is 5.85. The van der Waals surface area contributed by atoms with Crippen LogP contribution in [0.25, 0.3) is 10.9 Å². The van der Waals surface area contributed by atoms with Crippen LogP contribution in [0.15, 0.2) is 58.4 Å². The molecule has 0 aliphatic carbocycles.